The highest BCUT2D eigenvalue weighted by Crippen LogP contribution is 2.33. The van der Waals surface area contributed by atoms with Gasteiger partial charge in [0.25, 0.3) is 5.91 Å². The van der Waals surface area contributed by atoms with Gasteiger partial charge in [0.15, 0.2) is 15.6 Å². The van der Waals surface area contributed by atoms with Gasteiger partial charge >= 0.3 is 6.18 Å². The maximum Gasteiger partial charge on any atom is 0.416 e. The third-order valence-electron chi connectivity index (χ3n) is 5.56. The van der Waals surface area contributed by atoms with E-state index in [9.17, 15) is 40.0 Å². The average molecular weight is 528 g/mol. The van der Waals surface area contributed by atoms with E-state index in [1.165, 1.54) is 37.3 Å². The number of benzene rings is 2. The zero-order chi connectivity index (χ0) is 26.8. The number of Topliss-reactive ketones (excluding diaryl/α,β-unsaturated/α-hetero) is 1. The molecule has 2 aromatic carbocycles. The summed E-state index contributed by atoms with van der Waals surface area (Å²) in [7, 11) is -3.54. The first-order chi connectivity index (χ1) is 16.7. The lowest BCUT2D eigenvalue weighted by atomic mass is 9.84. The van der Waals surface area contributed by atoms with Crippen LogP contribution in [0.1, 0.15) is 42.0 Å². The summed E-state index contributed by atoms with van der Waals surface area (Å²) < 4.78 is 89.2. The van der Waals surface area contributed by atoms with Gasteiger partial charge in [-0.3, -0.25) is 14.6 Å². The van der Waals surface area contributed by atoms with Gasteiger partial charge in [0.1, 0.15) is 5.57 Å². The van der Waals surface area contributed by atoms with E-state index >= 15 is 0 Å². The molecule has 0 fully saturated rings. The molecular weight excluding hydrogens is 507 g/mol. The molecule has 1 aliphatic heterocycles. The number of nitrogens with one attached hydrogen (secondary N) is 1. The molecule has 12 heteroatoms. The lowest BCUT2D eigenvalue weighted by Gasteiger charge is -2.24. The summed E-state index contributed by atoms with van der Waals surface area (Å²) in [4.78, 5) is 30.0. The Morgan fingerprint density at radius 3 is 2.31 bits per heavy atom. The number of hydrogen-bond acceptors (Lipinski definition) is 5. The molecule has 36 heavy (non-hydrogen) atoms. The normalized spacial score (nSPS) is 17.4. The van der Waals surface area contributed by atoms with Crippen LogP contribution in [0.3, 0.4) is 0 Å². The number of halogens is 5. The van der Waals surface area contributed by atoms with E-state index in [2.05, 4.69) is 10.3 Å². The molecule has 1 heterocycles. The summed E-state index contributed by atoms with van der Waals surface area (Å²) in [5.74, 6) is -3.13. The Bertz CT molecular complexity index is 1330. The van der Waals surface area contributed by atoms with E-state index in [0.29, 0.717) is 0 Å². The van der Waals surface area contributed by atoms with Crippen molar-refractivity contribution in [2.24, 2.45) is 4.99 Å². The van der Waals surface area contributed by atoms with E-state index in [4.69, 9.17) is 0 Å². The van der Waals surface area contributed by atoms with Crippen LogP contribution in [0, 0.1) is 0 Å². The number of sulfone groups is 1. The van der Waals surface area contributed by atoms with Crippen molar-refractivity contribution >= 4 is 27.2 Å². The fraction of sp³-hybridized carbons (Fsp3) is 0.292. The first kappa shape index (κ1) is 27.2. The second-order valence-electron chi connectivity index (χ2n) is 8.23. The molecule has 192 valence electrons. The maximum absolute atomic E-state index is 13.2. The highest BCUT2D eigenvalue weighted by atomic mass is 32.2. The van der Waals surface area contributed by atoms with Crippen molar-refractivity contribution in [3.63, 3.8) is 0 Å². The summed E-state index contributed by atoms with van der Waals surface area (Å²) in [6, 6.07) is 7.76. The van der Waals surface area contributed by atoms with E-state index in [1.54, 1.807) is 0 Å². The van der Waals surface area contributed by atoms with Gasteiger partial charge in [0.2, 0.25) is 6.43 Å². The van der Waals surface area contributed by atoms with Crippen LogP contribution in [0.15, 0.2) is 70.2 Å². The van der Waals surface area contributed by atoms with Gasteiger partial charge in [-0.2, -0.15) is 13.2 Å². The van der Waals surface area contributed by atoms with Gasteiger partial charge < -0.3 is 5.32 Å². The Balaban J connectivity index is 1.88. The molecule has 3 rings (SSSR count). The van der Waals surface area contributed by atoms with Crippen LogP contribution in [0.5, 0.6) is 0 Å². The molecule has 1 aliphatic rings. The zero-order valence-corrected chi connectivity index (χ0v) is 19.8. The van der Waals surface area contributed by atoms with E-state index in [-0.39, 0.29) is 21.7 Å². The zero-order valence-electron chi connectivity index (χ0n) is 19.0. The molecule has 0 saturated carbocycles. The largest absolute Gasteiger partial charge is 0.416 e. The maximum atomic E-state index is 13.2. The van der Waals surface area contributed by atoms with Crippen LogP contribution in [0.4, 0.5) is 22.0 Å². The van der Waals surface area contributed by atoms with Crippen molar-refractivity contribution < 1.29 is 40.0 Å². The number of nitrogens with zero attached hydrogens (tertiary/aromatic N) is 1. The van der Waals surface area contributed by atoms with E-state index in [0.717, 1.165) is 30.7 Å². The highest BCUT2D eigenvalue weighted by Gasteiger charge is 2.36. The van der Waals surface area contributed by atoms with Gasteiger partial charge in [-0.15, -0.1) is 0 Å². The quantitative estimate of drug-likeness (QED) is 0.419. The molecule has 2 aromatic rings. The summed E-state index contributed by atoms with van der Waals surface area (Å²) in [5.41, 5.74) is -1.16. The third-order valence-corrected chi connectivity index (χ3v) is 6.69. The summed E-state index contributed by atoms with van der Waals surface area (Å²) in [6.07, 6.45) is -6.40. The lowest BCUT2D eigenvalue weighted by Crippen LogP contribution is -2.36. The van der Waals surface area contributed by atoms with Crippen LogP contribution >= 0.6 is 0 Å². The van der Waals surface area contributed by atoms with Crippen LogP contribution < -0.4 is 5.32 Å². The predicted molar refractivity (Wildman–Crippen MR) is 121 cm³/mol. The van der Waals surface area contributed by atoms with Crippen molar-refractivity contribution in [2.75, 3.05) is 6.26 Å². The fourth-order valence-electron chi connectivity index (χ4n) is 3.75. The van der Waals surface area contributed by atoms with Crippen molar-refractivity contribution in [1.29, 1.82) is 0 Å². The Morgan fingerprint density at radius 2 is 1.75 bits per heavy atom. The second kappa shape index (κ2) is 10.3. The highest BCUT2D eigenvalue weighted by molar-refractivity contribution is 7.90. The summed E-state index contributed by atoms with van der Waals surface area (Å²) in [5, 5.41) is 2.34. The minimum absolute atomic E-state index is 0.0185. The van der Waals surface area contributed by atoms with Gasteiger partial charge in [0, 0.05) is 24.6 Å². The minimum Gasteiger partial charge on any atom is -0.345 e. The number of rotatable bonds is 7. The van der Waals surface area contributed by atoms with Crippen LogP contribution in [-0.4, -0.2) is 38.5 Å². The second-order valence-corrected chi connectivity index (χ2v) is 10.2. The Hall–Kier alpha value is -3.41. The van der Waals surface area contributed by atoms with E-state index < -0.39 is 63.6 Å². The number of hydrogen-bond donors (Lipinski definition) is 1. The van der Waals surface area contributed by atoms with Crippen molar-refractivity contribution in [2.45, 2.75) is 42.8 Å². The molecular formula is C24H21F5N2O4S. The van der Waals surface area contributed by atoms with Gasteiger partial charge in [-0.25, -0.2) is 17.2 Å². The van der Waals surface area contributed by atoms with Gasteiger partial charge in [-0.1, -0.05) is 30.3 Å². The first-order valence-corrected chi connectivity index (χ1v) is 12.4. The topological polar surface area (TPSA) is 92.7 Å². The number of amides is 1. The number of carbonyl (C=O) groups excluding carboxylic acids is 2. The molecule has 0 bridgehead atoms. The Kier molecular flexibility index (Phi) is 7.77. The van der Waals surface area contributed by atoms with Crippen molar-refractivity contribution in [3.8, 4) is 0 Å². The standard InChI is InChI=1S/C24H21F5N2O4S/c1-13-21(15-4-3-5-16(10-15)24(27,28)29)22(32)18(12-30-13)23(33)31-19(11-20(25)26)14-6-8-17(9-7-14)36(2,34)35/h3-10,12,19-21H,11H2,1-2H3,(H,31,33). The molecule has 0 aliphatic carbocycles. The Morgan fingerprint density at radius 1 is 1.11 bits per heavy atom. The third kappa shape index (κ3) is 6.23. The smallest absolute Gasteiger partial charge is 0.345 e. The molecule has 0 radical (unpaired) electrons. The average Bonchev–Trinajstić information content (AvgIpc) is 2.77. The van der Waals surface area contributed by atoms with Crippen LogP contribution in [0.25, 0.3) is 0 Å². The number of alkyl halides is 5. The SMILES string of the molecule is CC1=NC=C(C(=O)NC(CC(F)F)c2ccc(S(C)(=O)=O)cc2)C(=O)C1c1cccc(C(F)(F)F)c1. The molecule has 2 atom stereocenters. The van der Waals surface area contributed by atoms with Gasteiger partial charge in [0.05, 0.1) is 22.4 Å². The number of carbonyl (C=O) groups is 2. The van der Waals surface area contributed by atoms with Crippen molar-refractivity contribution in [1.82, 2.24) is 5.32 Å². The first-order valence-electron chi connectivity index (χ1n) is 10.5. The number of aliphatic imine (C=N–C) groups is 1. The molecule has 0 aromatic heterocycles. The monoisotopic (exact) mass is 528 g/mol. The van der Waals surface area contributed by atoms with Crippen LogP contribution in [-0.2, 0) is 25.6 Å². The molecule has 1 amide bonds. The summed E-state index contributed by atoms with van der Waals surface area (Å²) >= 11 is 0. The summed E-state index contributed by atoms with van der Waals surface area (Å²) in [6.45, 7) is 1.43. The van der Waals surface area contributed by atoms with Crippen LogP contribution in [0.2, 0.25) is 0 Å². The molecule has 2 unspecified atom stereocenters. The predicted octanol–water partition coefficient (Wildman–Crippen LogP) is 4.63. The van der Waals surface area contributed by atoms with Gasteiger partial charge in [-0.05, 0) is 36.2 Å². The fourth-order valence-corrected chi connectivity index (χ4v) is 4.38. The Labute approximate surface area is 203 Å². The lowest BCUT2D eigenvalue weighted by molar-refractivity contribution is -0.137. The minimum atomic E-state index is -4.65. The molecule has 0 saturated heterocycles. The molecule has 0 spiro atoms. The number of ketones is 1. The van der Waals surface area contributed by atoms with E-state index in [1.807, 2.05) is 0 Å². The molecule has 6 nitrogen and oxygen atoms in total. The molecule has 1 N–H and O–H groups in total. The van der Waals surface area contributed by atoms with Crippen molar-refractivity contribution in [3.05, 3.63) is 77.0 Å².